The molecule has 6 aromatic rings. The van der Waals surface area contributed by atoms with Crippen LogP contribution in [0.25, 0.3) is 55.7 Å². The maximum absolute atomic E-state index is 13.9. The monoisotopic (exact) mass is 463 g/mol. The maximum Gasteiger partial charge on any atom is 0.181 e. The van der Waals surface area contributed by atoms with E-state index in [4.69, 9.17) is 0 Å². The van der Waals surface area contributed by atoms with Gasteiger partial charge in [-0.25, -0.2) is 9.37 Å². The van der Waals surface area contributed by atoms with E-state index in [-0.39, 0.29) is 5.82 Å². The van der Waals surface area contributed by atoms with Crippen LogP contribution in [0.2, 0.25) is 0 Å². The number of hydrogen-bond donors (Lipinski definition) is 3. The fourth-order valence-electron chi connectivity index (χ4n) is 4.33. The minimum Gasteiger partial charge on any atom is -0.353 e. The second kappa shape index (κ2) is 8.73. The number of nitrogens with one attached hydrogen (secondary N) is 3. The standard InChI is InChI=1S/C27H22FN7/c1-2-29-12-16-8-18(14-30-13-16)19-10-22-26(34-35-27(22)32-15-19)24-11-21-23(33-24)6-7-31-25(21)17-4-3-5-20(28)9-17/h3-11,13-15,29,33H,2,12H2,1H3,(H,32,34,35). The Hall–Kier alpha value is -4.43. The third-order valence-electron chi connectivity index (χ3n) is 6.03. The zero-order valence-corrected chi connectivity index (χ0v) is 19.0. The van der Waals surface area contributed by atoms with Crippen molar-refractivity contribution < 1.29 is 4.39 Å². The average molecular weight is 464 g/mol. The maximum atomic E-state index is 13.9. The Morgan fingerprint density at radius 1 is 0.914 bits per heavy atom. The summed E-state index contributed by atoms with van der Waals surface area (Å²) < 4.78 is 13.9. The van der Waals surface area contributed by atoms with Crippen LogP contribution in [-0.4, -0.2) is 36.7 Å². The molecule has 0 saturated heterocycles. The predicted molar refractivity (Wildman–Crippen MR) is 135 cm³/mol. The first-order valence-corrected chi connectivity index (χ1v) is 11.4. The predicted octanol–water partition coefficient (Wildman–Crippen LogP) is 5.48. The molecule has 0 unspecified atom stereocenters. The van der Waals surface area contributed by atoms with Crippen molar-refractivity contribution in [3.05, 3.63) is 84.7 Å². The summed E-state index contributed by atoms with van der Waals surface area (Å²) in [6.07, 6.45) is 7.26. The molecule has 0 fully saturated rings. The third-order valence-corrected chi connectivity index (χ3v) is 6.03. The van der Waals surface area contributed by atoms with E-state index in [1.807, 2.05) is 36.8 Å². The van der Waals surface area contributed by atoms with Gasteiger partial charge in [0, 0.05) is 64.3 Å². The van der Waals surface area contributed by atoms with Crippen LogP contribution in [0.5, 0.6) is 0 Å². The molecule has 0 aliphatic carbocycles. The Balaban J connectivity index is 1.44. The van der Waals surface area contributed by atoms with Gasteiger partial charge in [0.15, 0.2) is 5.65 Å². The number of nitrogens with zero attached hydrogens (tertiary/aromatic N) is 4. The lowest BCUT2D eigenvalue weighted by Crippen LogP contribution is -2.11. The summed E-state index contributed by atoms with van der Waals surface area (Å²) >= 11 is 0. The van der Waals surface area contributed by atoms with Crippen LogP contribution in [0.1, 0.15) is 12.5 Å². The lowest BCUT2D eigenvalue weighted by atomic mass is 10.1. The van der Waals surface area contributed by atoms with Gasteiger partial charge in [-0.2, -0.15) is 5.10 Å². The largest absolute Gasteiger partial charge is 0.353 e. The normalized spacial score (nSPS) is 11.5. The Morgan fingerprint density at radius 3 is 2.71 bits per heavy atom. The first-order valence-electron chi connectivity index (χ1n) is 11.4. The molecule has 6 rings (SSSR count). The molecule has 0 spiro atoms. The van der Waals surface area contributed by atoms with Crippen LogP contribution in [0, 0.1) is 5.82 Å². The highest BCUT2D eigenvalue weighted by atomic mass is 19.1. The highest BCUT2D eigenvalue weighted by Crippen LogP contribution is 2.34. The zero-order valence-electron chi connectivity index (χ0n) is 19.0. The van der Waals surface area contributed by atoms with Gasteiger partial charge in [0.2, 0.25) is 0 Å². The fourth-order valence-corrected chi connectivity index (χ4v) is 4.33. The summed E-state index contributed by atoms with van der Waals surface area (Å²) in [5.74, 6) is -0.292. The molecule has 7 nitrogen and oxygen atoms in total. The van der Waals surface area contributed by atoms with Crippen molar-refractivity contribution in [2.75, 3.05) is 6.54 Å². The van der Waals surface area contributed by atoms with Gasteiger partial charge in [-0.3, -0.25) is 15.1 Å². The smallest absolute Gasteiger partial charge is 0.181 e. The molecule has 3 N–H and O–H groups in total. The molecule has 0 radical (unpaired) electrons. The summed E-state index contributed by atoms with van der Waals surface area (Å²) in [6, 6.07) is 14.6. The van der Waals surface area contributed by atoms with Gasteiger partial charge in [0.25, 0.3) is 0 Å². The molecule has 0 saturated carbocycles. The number of H-pyrrole nitrogens is 2. The van der Waals surface area contributed by atoms with Gasteiger partial charge >= 0.3 is 0 Å². The van der Waals surface area contributed by atoms with Crippen molar-refractivity contribution in [2.45, 2.75) is 13.5 Å². The van der Waals surface area contributed by atoms with E-state index < -0.39 is 0 Å². The van der Waals surface area contributed by atoms with Gasteiger partial charge < -0.3 is 10.3 Å². The summed E-state index contributed by atoms with van der Waals surface area (Å²) in [6.45, 7) is 3.74. The van der Waals surface area contributed by atoms with Crippen molar-refractivity contribution in [1.29, 1.82) is 0 Å². The summed E-state index contributed by atoms with van der Waals surface area (Å²) in [5.41, 5.74) is 7.73. The molecular formula is C27H22FN7. The number of aromatic nitrogens is 6. The van der Waals surface area contributed by atoms with E-state index in [0.29, 0.717) is 5.65 Å². The summed E-state index contributed by atoms with van der Waals surface area (Å²) in [4.78, 5) is 16.9. The molecule has 0 atom stereocenters. The summed E-state index contributed by atoms with van der Waals surface area (Å²) in [7, 11) is 0. The van der Waals surface area contributed by atoms with Crippen LogP contribution in [0.15, 0.2) is 73.3 Å². The molecule has 5 aromatic heterocycles. The Labute approximate surface area is 200 Å². The molecule has 8 heteroatoms. The van der Waals surface area contributed by atoms with E-state index >= 15 is 0 Å². The van der Waals surface area contributed by atoms with Crippen LogP contribution >= 0.6 is 0 Å². The van der Waals surface area contributed by atoms with E-state index in [2.05, 4.69) is 54.5 Å². The van der Waals surface area contributed by atoms with Crippen LogP contribution < -0.4 is 5.32 Å². The van der Waals surface area contributed by atoms with Crippen LogP contribution in [-0.2, 0) is 6.54 Å². The van der Waals surface area contributed by atoms with Crippen LogP contribution in [0.4, 0.5) is 4.39 Å². The lowest BCUT2D eigenvalue weighted by molar-refractivity contribution is 0.628. The molecule has 0 aliphatic rings. The van der Waals surface area contributed by atoms with Crippen molar-refractivity contribution in [3.63, 3.8) is 0 Å². The van der Waals surface area contributed by atoms with Gasteiger partial charge in [-0.15, -0.1) is 0 Å². The van der Waals surface area contributed by atoms with Crippen molar-refractivity contribution in [3.8, 4) is 33.8 Å². The molecular weight excluding hydrogens is 441 g/mol. The number of aromatic amines is 2. The second-order valence-electron chi connectivity index (χ2n) is 8.37. The number of hydrogen-bond acceptors (Lipinski definition) is 5. The highest BCUT2D eigenvalue weighted by Gasteiger charge is 2.15. The Bertz CT molecular complexity index is 1670. The minimum atomic E-state index is -0.292. The van der Waals surface area contributed by atoms with E-state index in [0.717, 1.165) is 68.7 Å². The van der Waals surface area contributed by atoms with Crippen molar-refractivity contribution >= 4 is 21.9 Å². The number of halogens is 1. The number of pyridine rings is 3. The molecule has 0 amide bonds. The Kier molecular flexibility index (Phi) is 5.27. The number of rotatable bonds is 6. The average Bonchev–Trinajstić information content (AvgIpc) is 3.51. The first-order chi connectivity index (χ1) is 17.2. The molecule has 35 heavy (non-hydrogen) atoms. The van der Waals surface area contributed by atoms with Crippen molar-refractivity contribution in [1.82, 2.24) is 35.5 Å². The van der Waals surface area contributed by atoms with E-state index in [1.165, 1.54) is 12.1 Å². The topological polar surface area (TPSA) is 95.2 Å². The Morgan fingerprint density at radius 2 is 1.83 bits per heavy atom. The highest BCUT2D eigenvalue weighted by molar-refractivity contribution is 5.99. The van der Waals surface area contributed by atoms with Gasteiger partial charge in [0.05, 0.1) is 17.1 Å². The quantitative estimate of drug-likeness (QED) is 0.304. The van der Waals surface area contributed by atoms with Crippen molar-refractivity contribution in [2.24, 2.45) is 0 Å². The van der Waals surface area contributed by atoms with Gasteiger partial charge in [0.1, 0.15) is 5.82 Å². The second-order valence-corrected chi connectivity index (χ2v) is 8.37. The fraction of sp³-hybridized carbons (Fsp3) is 0.111. The van der Waals surface area contributed by atoms with Gasteiger partial charge in [-0.1, -0.05) is 19.1 Å². The summed E-state index contributed by atoms with van der Waals surface area (Å²) in [5, 5.41) is 12.7. The third kappa shape index (κ3) is 3.94. The number of benzene rings is 1. The molecule has 0 bridgehead atoms. The first kappa shape index (κ1) is 21.1. The van der Waals surface area contributed by atoms with E-state index in [9.17, 15) is 4.39 Å². The zero-order chi connectivity index (χ0) is 23.8. The number of fused-ring (bicyclic) bond motifs is 2. The lowest BCUT2D eigenvalue weighted by Gasteiger charge is -2.06. The van der Waals surface area contributed by atoms with Gasteiger partial charge in [-0.05, 0) is 48.5 Å². The molecule has 172 valence electrons. The minimum absolute atomic E-state index is 0.292. The SMILES string of the molecule is CCNCc1cncc(-c2cnc3n[nH]c(-c4cc5c(-c6cccc(F)c6)nccc5[nH]4)c3c2)c1. The molecule has 1 aromatic carbocycles. The molecule has 0 aliphatic heterocycles. The van der Waals surface area contributed by atoms with E-state index in [1.54, 1.807) is 12.3 Å². The molecule has 5 heterocycles. The van der Waals surface area contributed by atoms with Crippen LogP contribution in [0.3, 0.4) is 0 Å².